The Morgan fingerprint density at radius 2 is 2.00 bits per heavy atom. The minimum absolute atomic E-state index is 0. The quantitative estimate of drug-likeness (QED) is 0.674. The van der Waals surface area contributed by atoms with Crippen LogP contribution in [0, 0.1) is 5.92 Å². The number of hydrogen-bond donors (Lipinski definition) is 1. The lowest BCUT2D eigenvalue weighted by Gasteiger charge is -2.39. The number of piperidine rings is 1. The Labute approximate surface area is 183 Å². The Bertz CT molecular complexity index is 552. The van der Waals surface area contributed by atoms with Crippen molar-refractivity contribution in [1.29, 1.82) is 0 Å². The van der Waals surface area contributed by atoms with Crippen molar-refractivity contribution in [3.05, 3.63) is 35.9 Å². The van der Waals surface area contributed by atoms with Gasteiger partial charge in [-0.25, -0.2) is 0 Å². The van der Waals surface area contributed by atoms with Gasteiger partial charge in [-0.1, -0.05) is 37.3 Å². The summed E-state index contributed by atoms with van der Waals surface area (Å²) >= 11 is 0. The van der Waals surface area contributed by atoms with Crippen molar-refractivity contribution in [1.82, 2.24) is 15.1 Å². The normalized spacial score (nSPS) is 22.2. The third-order valence-corrected chi connectivity index (χ3v) is 5.88. The fraction of sp³-hybridized carbons (Fsp3) is 0.682. The second kappa shape index (κ2) is 13.4. The molecule has 2 fully saturated rings. The number of carbonyl (C=O) groups is 1. The van der Waals surface area contributed by atoms with Crippen LogP contribution < -0.4 is 5.32 Å². The molecule has 2 saturated heterocycles. The highest BCUT2D eigenvalue weighted by atomic mass is 35.5. The van der Waals surface area contributed by atoms with E-state index >= 15 is 0 Å². The lowest BCUT2D eigenvalue weighted by Crippen LogP contribution is -2.50. The van der Waals surface area contributed by atoms with Crippen LogP contribution in [-0.4, -0.2) is 54.5 Å². The van der Waals surface area contributed by atoms with Crippen LogP contribution in [0.25, 0.3) is 0 Å². The second-order valence-electron chi connectivity index (χ2n) is 8.00. The Hall–Kier alpha value is -0.810. The van der Waals surface area contributed by atoms with Gasteiger partial charge in [0.1, 0.15) is 0 Å². The summed E-state index contributed by atoms with van der Waals surface area (Å²) in [6.07, 6.45) is 6.40. The topological polar surface area (TPSA) is 35.6 Å². The van der Waals surface area contributed by atoms with Gasteiger partial charge in [0.15, 0.2) is 0 Å². The molecule has 0 aliphatic carbocycles. The predicted octanol–water partition coefficient (Wildman–Crippen LogP) is 4.12. The molecule has 2 heterocycles. The van der Waals surface area contributed by atoms with Crippen molar-refractivity contribution in [2.24, 2.45) is 5.92 Å². The molecule has 1 amide bonds. The smallest absolute Gasteiger partial charge is 0.222 e. The van der Waals surface area contributed by atoms with E-state index < -0.39 is 0 Å². The third-order valence-electron chi connectivity index (χ3n) is 5.88. The number of halogens is 2. The van der Waals surface area contributed by atoms with Crippen molar-refractivity contribution < 1.29 is 4.79 Å². The average molecular weight is 430 g/mol. The van der Waals surface area contributed by atoms with Crippen LogP contribution in [0.5, 0.6) is 0 Å². The van der Waals surface area contributed by atoms with Crippen LogP contribution >= 0.6 is 24.8 Å². The molecule has 0 spiro atoms. The molecule has 4 nitrogen and oxygen atoms in total. The summed E-state index contributed by atoms with van der Waals surface area (Å²) in [6, 6.07) is 11.1. The Balaban J connectivity index is 0.00000196. The van der Waals surface area contributed by atoms with E-state index in [0.717, 1.165) is 65.0 Å². The molecule has 160 valence electrons. The summed E-state index contributed by atoms with van der Waals surface area (Å²) < 4.78 is 0. The minimum Gasteiger partial charge on any atom is -0.338 e. The van der Waals surface area contributed by atoms with Crippen LogP contribution in [0.2, 0.25) is 0 Å². The first-order valence-electron chi connectivity index (χ1n) is 10.5. The van der Waals surface area contributed by atoms with E-state index in [2.05, 4.69) is 52.4 Å². The third kappa shape index (κ3) is 7.55. The number of nitrogens with one attached hydrogen (secondary N) is 1. The fourth-order valence-electron chi connectivity index (χ4n) is 4.45. The van der Waals surface area contributed by atoms with E-state index in [1.165, 1.54) is 18.4 Å². The lowest BCUT2D eigenvalue weighted by atomic mass is 9.99. The standard InChI is InChI=1S/C22H35N3O.2ClH/c1-2-14-25(22(26)11-10-19-12-13-23-16-19)21-9-6-15-24(18-21)17-20-7-4-3-5-8-20;;/h3-5,7-8,19,21,23H,2,6,9-18H2,1H3;2*1H. The van der Waals surface area contributed by atoms with Crippen molar-refractivity contribution in [3.63, 3.8) is 0 Å². The minimum atomic E-state index is 0. The summed E-state index contributed by atoms with van der Waals surface area (Å²) in [7, 11) is 0. The molecular formula is C22H37Cl2N3O. The molecule has 3 rings (SSSR count). The number of hydrogen-bond acceptors (Lipinski definition) is 3. The van der Waals surface area contributed by atoms with E-state index in [1.807, 2.05) is 0 Å². The lowest BCUT2D eigenvalue weighted by molar-refractivity contribution is -0.135. The molecule has 0 saturated carbocycles. The molecule has 2 aliphatic rings. The molecular weight excluding hydrogens is 393 g/mol. The zero-order valence-corrected chi connectivity index (χ0v) is 18.8. The van der Waals surface area contributed by atoms with Crippen LogP contribution in [0.4, 0.5) is 0 Å². The second-order valence-corrected chi connectivity index (χ2v) is 8.00. The van der Waals surface area contributed by atoms with Crippen molar-refractivity contribution in [2.75, 3.05) is 32.7 Å². The maximum absolute atomic E-state index is 12.9. The van der Waals surface area contributed by atoms with Gasteiger partial charge in [0.2, 0.25) is 5.91 Å². The van der Waals surface area contributed by atoms with E-state index in [1.54, 1.807) is 0 Å². The van der Waals surface area contributed by atoms with E-state index in [0.29, 0.717) is 17.9 Å². The Morgan fingerprint density at radius 3 is 2.68 bits per heavy atom. The molecule has 0 aromatic heterocycles. The summed E-state index contributed by atoms with van der Waals surface area (Å²) in [6.45, 7) is 8.47. The first kappa shape index (κ1) is 25.2. The highest BCUT2D eigenvalue weighted by Gasteiger charge is 2.28. The van der Waals surface area contributed by atoms with Crippen molar-refractivity contribution in [2.45, 2.75) is 58.0 Å². The average Bonchev–Trinajstić information content (AvgIpc) is 3.19. The summed E-state index contributed by atoms with van der Waals surface area (Å²) in [4.78, 5) is 17.7. The van der Waals surface area contributed by atoms with Gasteiger partial charge in [0.25, 0.3) is 0 Å². The summed E-state index contributed by atoms with van der Waals surface area (Å²) in [5, 5.41) is 3.41. The predicted molar refractivity (Wildman–Crippen MR) is 121 cm³/mol. The van der Waals surface area contributed by atoms with Crippen LogP contribution in [0.3, 0.4) is 0 Å². The van der Waals surface area contributed by atoms with E-state index in [4.69, 9.17) is 0 Å². The summed E-state index contributed by atoms with van der Waals surface area (Å²) in [5.41, 5.74) is 1.37. The highest BCUT2D eigenvalue weighted by Crippen LogP contribution is 2.21. The summed E-state index contributed by atoms with van der Waals surface area (Å²) in [5.74, 6) is 1.08. The fourth-order valence-corrected chi connectivity index (χ4v) is 4.45. The molecule has 6 heteroatoms. The SMILES string of the molecule is CCCN(C(=O)CCC1CCNC1)C1CCCN(Cc2ccccc2)C1.Cl.Cl. The van der Waals surface area contributed by atoms with Gasteiger partial charge < -0.3 is 10.2 Å². The van der Waals surface area contributed by atoms with Gasteiger partial charge in [-0.05, 0) is 63.2 Å². The van der Waals surface area contributed by atoms with Gasteiger partial charge in [0.05, 0.1) is 0 Å². The molecule has 2 unspecified atom stereocenters. The molecule has 1 N–H and O–H groups in total. The van der Waals surface area contributed by atoms with Gasteiger partial charge in [-0.2, -0.15) is 0 Å². The van der Waals surface area contributed by atoms with Crippen molar-refractivity contribution >= 4 is 30.7 Å². The molecule has 2 atom stereocenters. The van der Waals surface area contributed by atoms with Gasteiger partial charge >= 0.3 is 0 Å². The molecule has 0 bridgehead atoms. The first-order chi connectivity index (χ1) is 12.8. The maximum Gasteiger partial charge on any atom is 0.222 e. The number of carbonyl (C=O) groups excluding carboxylic acids is 1. The first-order valence-corrected chi connectivity index (χ1v) is 10.5. The van der Waals surface area contributed by atoms with Crippen LogP contribution in [0.15, 0.2) is 30.3 Å². The van der Waals surface area contributed by atoms with Gasteiger partial charge in [0, 0.05) is 32.1 Å². The molecule has 1 aromatic rings. The maximum atomic E-state index is 12.9. The monoisotopic (exact) mass is 429 g/mol. The molecule has 0 radical (unpaired) electrons. The Morgan fingerprint density at radius 1 is 1.21 bits per heavy atom. The number of likely N-dealkylation sites (tertiary alicyclic amines) is 1. The zero-order valence-electron chi connectivity index (χ0n) is 17.1. The van der Waals surface area contributed by atoms with E-state index in [-0.39, 0.29) is 24.8 Å². The number of rotatable bonds is 8. The number of amides is 1. The van der Waals surface area contributed by atoms with Gasteiger partial charge in [-0.15, -0.1) is 24.8 Å². The Kier molecular flexibility index (Phi) is 12.1. The zero-order chi connectivity index (χ0) is 18.2. The van der Waals surface area contributed by atoms with Crippen LogP contribution in [-0.2, 0) is 11.3 Å². The molecule has 28 heavy (non-hydrogen) atoms. The van der Waals surface area contributed by atoms with E-state index in [9.17, 15) is 4.79 Å². The van der Waals surface area contributed by atoms with Crippen LogP contribution in [0.1, 0.15) is 51.0 Å². The molecule has 2 aliphatic heterocycles. The highest BCUT2D eigenvalue weighted by molar-refractivity contribution is 5.85. The number of nitrogens with zero attached hydrogens (tertiary/aromatic N) is 2. The van der Waals surface area contributed by atoms with Gasteiger partial charge in [-0.3, -0.25) is 9.69 Å². The van der Waals surface area contributed by atoms with Crippen molar-refractivity contribution in [3.8, 4) is 0 Å². The largest absolute Gasteiger partial charge is 0.338 e. The molecule has 1 aromatic carbocycles. The number of benzene rings is 1.